The van der Waals surface area contributed by atoms with E-state index in [1.54, 1.807) is 0 Å². The van der Waals surface area contributed by atoms with E-state index in [2.05, 4.69) is 13.8 Å². The molecule has 4 heteroatoms. The number of carbonyl (C=O) groups is 2. The molecule has 144 valence electrons. The van der Waals surface area contributed by atoms with Gasteiger partial charge in [-0.3, -0.25) is 9.59 Å². The van der Waals surface area contributed by atoms with Crippen LogP contribution < -0.4 is 0 Å². The summed E-state index contributed by atoms with van der Waals surface area (Å²) in [6.07, 6.45) is 9.14. The maximum Gasteiger partial charge on any atom is 0.303 e. The third kappa shape index (κ3) is 2.59. The highest BCUT2D eigenvalue weighted by Crippen LogP contribution is 2.67. The van der Waals surface area contributed by atoms with Crippen LogP contribution in [-0.2, 0) is 9.59 Å². The van der Waals surface area contributed by atoms with Gasteiger partial charge in [0.15, 0.2) is 5.78 Å². The summed E-state index contributed by atoms with van der Waals surface area (Å²) in [7, 11) is 0. The van der Waals surface area contributed by atoms with Crippen molar-refractivity contribution in [2.24, 2.45) is 34.5 Å². The molecule has 0 aromatic heterocycles. The summed E-state index contributed by atoms with van der Waals surface area (Å²) in [5.74, 6) is 1.35. The summed E-state index contributed by atoms with van der Waals surface area (Å²) in [6.45, 7) is 4.61. The lowest BCUT2D eigenvalue weighted by atomic mass is 9.44. The summed E-state index contributed by atoms with van der Waals surface area (Å²) in [5, 5.41) is 19.9. The summed E-state index contributed by atoms with van der Waals surface area (Å²) in [5.41, 5.74) is 1.37. The van der Waals surface area contributed by atoms with Crippen LogP contribution in [0.3, 0.4) is 0 Å². The SMILES string of the molecule is C[C@]12CC[C@H]3[C@@H]([C@H](CCC(=O)O)CC4=CC(=O)CC[C@@]43C)[C@@H]1CC[C@@H]2O. The first kappa shape index (κ1) is 18.2. The molecule has 0 radical (unpaired) electrons. The minimum atomic E-state index is -0.728. The number of hydrogen-bond acceptors (Lipinski definition) is 3. The topological polar surface area (TPSA) is 74.6 Å². The second kappa shape index (κ2) is 6.19. The van der Waals surface area contributed by atoms with Gasteiger partial charge in [0.2, 0.25) is 0 Å². The van der Waals surface area contributed by atoms with Crippen molar-refractivity contribution in [2.75, 3.05) is 0 Å². The Kier molecular flexibility index (Phi) is 4.33. The highest BCUT2D eigenvalue weighted by atomic mass is 16.4. The predicted octanol–water partition coefficient (Wildman–Crippen LogP) is 3.97. The first-order valence-corrected chi connectivity index (χ1v) is 10.4. The van der Waals surface area contributed by atoms with Crippen LogP contribution in [0.5, 0.6) is 0 Å². The van der Waals surface area contributed by atoms with Crippen molar-refractivity contribution in [3.05, 3.63) is 11.6 Å². The number of hydrogen-bond donors (Lipinski definition) is 2. The third-order valence-electron chi connectivity index (χ3n) is 8.82. The predicted molar refractivity (Wildman–Crippen MR) is 98.5 cm³/mol. The molecule has 26 heavy (non-hydrogen) atoms. The molecule has 4 nitrogen and oxygen atoms in total. The quantitative estimate of drug-likeness (QED) is 0.798. The molecule has 0 aromatic carbocycles. The molecule has 0 unspecified atom stereocenters. The number of carbonyl (C=O) groups excluding carboxylic acids is 1. The van der Waals surface area contributed by atoms with Gasteiger partial charge in [-0.25, -0.2) is 0 Å². The number of carboxylic acid groups (broad SMARTS) is 1. The average molecular weight is 360 g/mol. The zero-order valence-corrected chi connectivity index (χ0v) is 16.0. The second-order valence-electron chi connectivity index (χ2n) is 9.88. The van der Waals surface area contributed by atoms with Crippen LogP contribution in [0.1, 0.15) is 71.6 Å². The van der Waals surface area contributed by atoms with Crippen molar-refractivity contribution in [1.29, 1.82) is 0 Å². The van der Waals surface area contributed by atoms with E-state index in [1.165, 1.54) is 5.57 Å². The number of ketones is 1. The van der Waals surface area contributed by atoms with Gasteiger partial charge in [-0.1, -0.05) is 19.4 Å². The molecule has 2 N–H and O–H groups in total. The Bertz CT molecular complexity index is 653. The zero-order chi connectivity index (χ0) is 18.7. The van der Waals surface area contributed by atoms with Gasteiger partial charge in [0.25, 0.3) is 0 Å². The van der Waals surface area contributed by atoms with E-state index >= 15 is 0 Å². The van der Waals surface area contributed by atoms with Crippen LogP contribution in [0, 0.1) is 34.5 Å². The Balaban J connectivity index is 1.72. The van der Waals surface area contributed by atoms with E-state index in [1.807, 2.05) is 6.08 Å². The Labute approximate surface area is 156 Å². The maximum absolute atomic E-state index is 12.1. The largest absolute Gasteiger partial charge is 0.481 e. The molecule has 0 heterocycles. The van der Waals surface area contributed by atoms with Gasteiger partial charge >= 0.3 is 5.97 Å². The van der Waals surface area contributed by atoms with Crippen LogP contribution in [0.2, 0.25) is 0 Å². The highest BCUT2D eigenvalue weighted by molar-refractivity contribution is 5.91. The molecule has 0 aliphatic heterocycles. The fourth-order valence-electron chi connectivity index (χ4n) is 7.28. The second-order valence-corrected chi connectivity index (χ2v) is 9.88. The van der Waals surface area contributed by atoms with E-state index < -0.39 is 5.97 Å². The molecule has 7 atom stereocenters. The fourth-order valence-corrected chi connectivity index (χ4v) is 7.28. The number of aliphatic hydroxyl groups is 1. The van der Waals surface area contributed by atoms with E-state index in [4.69, 9.17) is 0 Å². The average Bonchev–Trinajstić information content (AvgIpc) is 2.89. The maximum atomic E-state index is 12.1. The minimum absolute atomic E-state index is 0.00922. The van der Waals surface area contributed by atoms with Crippen molar-refractivity contribution in [3.8, 4) is 0 Å². The lowest BCUT2D eigenvalue weighted by molar-refractivity contribution is -0.138. The molecular weight excluding hydrogens is 328 g/mol. The lowest BCUT2D eigenvalue weighted by Crippen LogP contribution is -2.54. The molecule has 4 rings (SSSR count). The van der Waals surface area contributed by atoms with Crippen molar-refractivity contribution in [2.45, 2.75) is 77.7 Å². The molecule has 4 aliphatic rings. The number of carboxylic acids is 1. The van der Waals surface area contributed by atoms with Gasteiger partial charge in [-0.15, -0.1) is 0 Å². The lowest BCUT2D eigenvalue weighted by Gasteiger charge is -2.60. The van der Waals surface area contributed by atoms with E-state index in [0.29, 0.717) is 36.5 Å². The standard InChI is InChI=1S/C22H32O4/c1-21-9-7-15(23)12-14(21)11-13(3-6-19(25)26)20-16-4-5-18(24)22(16,2)10-8-17(20)21/h12-13,16-18,20,24H,3-11H2,1-2H3,(H,25,26)/t13-,16+,17+,18+,20+,21+,22+/m1/s1. The Morgan fingerprint density at radius 1 is 1.19 bits per heavy atom. The molecule has 4 aliphatic carbocycles. The molecular formula is C22H32O4. The summed E-state index contributed by atoms with van der Waals surface area (Å²) in [4.78, 5) is 23.3. The first-order valence-electron chi connectivity index (χ1n) is 10.4. The smallest absolute Gasteiger partial charge is 0.303 e. The van der Waals surface area contributed by atoms with Gasteiger partial charge in [0.1, 0.15) is 0 Å². The number of fused-ring (bicyclic) bond motifs is 5. The molecule has 0 spiro atoms. The van der Waals surface area contributed by atoms with Crippen molar-refractivity contribution >= 4 is 11.8 Å². The number of aliphatic carboxylic acids is 1. The monoisotopic (exact) mass is 360 g/mol. The van der Waals surface area contributed by atoms with Crippen LogP contribution >= 0.6 is 0 Å². The van der Waals surface area contributed by atoms with E-state index in [-0.39, 0.29) is 29.1 Å². The van der Waals surface area contributed by atoms with Crippen LogP contribution in [0.25, 0.3) is 0 Å². The van der Waals surface area contributed by atoms with Gasteiger partial charge in [0.05, 0.1) is 6.10 Å². The van der Waals surface area contributed by atoms with Gasteiger partial charge in [-0.05, 0) is 85.5 Å². The van der Waals surface area contributed by atoms with Crippen LogP contribution in [0.15, 0.2) is 11.6 Å². The normalized spacial score (nSPS) is 47.6. The summed E-state index contributed by atoms with van der Waals surface area (Å²) >= 11 is 0. The molecule has 3 saturated carbocycles. The Morgan fingerprint density at radius 2 is 1.96 bits per heavy atom. The van der Waals surface area contributed by atoms with Gasteiger partial charge in [0, 0.05) is 12.8 Å². The van der Waals surface area contributed by atoms with Crippen molar-refractivity contribution in [3.63, 3.8) is 0 Å². The molecule has 0 amide bonds. The van der Waals surface area contributed by atoms with Crippen molar-refractivity contribution < 1.29 is 19.8 Å². The number of rotatable bonds is 3. The minimum Gasteiger partial charge on any atom is -0.481 e. The highest BCUT2D eigenvalue weighted by Gasteiger charge is 2.60. The summed E-state index contributed by atoms with van der Waals surface area (Å²) in [6, 6.07) is 0. The number of aliphatic hydroxyl groups excluding tert-OH is 1. The zero-order valence-electron chi connectivity index (χ0n) is 16.0. The van der Waals surface area contributed by atoms with Crippen molar-refractivity contribution in [1.82, 2.24) is 0 Å². The first-order chi connectivity index (χ1) is 12.3. The van der Waals surface area contributed by atoms with Crippen LogP contribution in [-0.4, -0.2) is 28.1 Å². The van der Waals surface area contributed by atoms with Crippen LogP contribution in [0.4, 0.5) is 0 Å². The molecule has 0 bridgehead atoms. The fraction of sp³-hybridized carbons (Fsp3) is 0.818. The molecule has 0 aromatic rings. The van der Waals surface area contributed by atoms with Gasteiger partial charge in [-0.2, -0.15) is 0 Å². The van der Waals surface area contributed by atoms with Gasteiger partial charge < -0.3 is 10.2 Å². The van der Waals surface area contributed by atoms with E-state index in [9.17, 15) is 19.8 Å². The summed E-state index contributed by atoms with van der Waals surface area (Å²) < 4.78 is 0. The van der Waals surface area contributed by atoms with E-state index in [0.717, 1.165) is 38.5 Å². The molecule has 0 saturated heterocycles. The Morgan fingerprint density at radius 3 is 2.69 bits per heavy atom. The third-order valence-corrected chi connectivity index (χ3v) is 8.82. The molecule has 3 fully saturated rings. The Hall–Kier alpha value is -1.16. The number of allylic oxidation sites excluding steroid dienone is 1.